The number of hydrogen-bond acceptors (Lipinski definition) is 3. The van der Waals surface area contributed by atoms with Gasteiger partial charge < -0.3 is 9.67 Å². The van der Waals surface area contributed by atoms with Crippen molar-refractivity contribution in [2.24, 2.45) is 7.05 Å². The summed E-state index contributed by atoms with van der Waals surface area (Å²) < 4.78 is 46.0. The van der Waals surface area contributed by atoms with Crippen LogP contribution < -0.4 is 0 Å². The summed E-state index contributed by atoms with van der Waals surface area (Å²) in [5, 5.41) is 15.9. The molecule has 5 aromatic rings. The maximum atomic E-state index is 14.4. The number of carbonyl (C=O) groups excluding carboxylic acids is 1. The van der Waals surface area contributed by atoms with Crippen LogP contribution in [0.1, 0.15) is 21.5 Å². The minimum absolute atomic E-state index is 0.264. The van der Waals surface area contributed by atoms with Crippen molar-refractivity contribution < 1.29 is 23.1 Å². The molecule has 8 heteroatoms. The maximum absolute atomic E-state index is 14.4. The third-order valence-electron chi connectivity index (χ3n) is 5.90. The number of carbonyl (C=O) groups is 1. The van der Waals surface area contributed by atoms with Gasteiger partial charge in [0.2, 0.25) is 5.60 Å². The quantitative estimate of drug-likeness (QED) is 0.421. The summed E-state index contributed by atoms with van der Waals surface area (Å²) in [4.78, 5) is 12.8. The Hall–Kier alpha value is -3.91. The molecule has 5 nitrogen and oxygen atoms in total. The Morgan fingerprint density at radius 1 is 0.939 bits per heavy atom. The van der Waals surface area contributed by atoms with Crippen LogP contribution >= 0.6 is 0 Å². The third kappa shape index (κ3) is 3.14. The normalized spacial score (nSPS) is 14.0. The van der Waals surface area contributed by atoms with E-state index in [4.69, 9.17) is 0 Å². The average molecular weight is 449 g/mol. The van der Waals surface area contributed by atoms with E-state index in [2.05, 4.69) is 5.10 Å². The van der Waals surface area contributed by atoms with Crippen molar-refractivity contribution in [3.63, 3.8) is 0 Å². The Kier molecular flexibility index (Phi) is 4.65. The first kappa shape index (κ1) is 21.0. The lowest BCUT2D eigenvalue weighted by Gasteiger charge is -2.31. The van der Waals surface area contributed by atoms with E-state index in [1.54, 1.807) is 66.2 Å². The minimum atomic E-state index is -5.00. The second-order valence-corrected chi connectivity index (χ2v) is 7.88. The lowest BCUT2D eigenvalue weighted by molar-refractivity contribution is -0.247. The molecule has 0 aliphatic heterocycles. The van der Waals surface area contributed by atoms with Gasteiger partial charge in [0.05, 0.1) is 11.7 Å². The highest BCUT2D eigenvalue weighted by molar-refractivity contribution is 6.01. The molecule has 0 radical (unpaired) electrons. The minimum Gasteiger partial charge on any atom is -0.372 e. The molecule has 2 aromatic heterocycles. The molecular weight excluding hydrogens is 431 g/mol. The lowest BCUT2D eigenvalue weighted by atomic mass is 9.85. The van der Waals surface area contributed by atoms with Crippen LogP contribution in [0.5, 0.6) is 0 Å². The van der Waals surface area contributed by atoms with E-state index < -0.39 is 17.7 Å². The largest absolute Gasteiger partial charge is 0.425 e. The molecule has 3 aromatic carbocycles. The number of rotatable bonds is 3. The fraction of sp³-hybridized carbons (Fsp3) is 0.120. The Morgan fingerprint density at radius 3 is 2.36 bits per heavy atom. The van der Waals surface area contributed by atoms with Crippen molar-refractivity contribution in [3.8, 4) is 0 Å². The zero-order chi connectivity index (χ0) is 23.4. The summed E-state index contributed by atoms with van der Waals surface area (Å²) >= 11 is 0. The zero-order valence-electron chi connectivity index (χ0n) is 17.4. The first-order chi connectivity index (χ1) is 15.7. The molecular formula is C25H18F3N3O2. The Morgan fingerprint density at radius 2 is 1.64 bits per heavy atom. The van der Waals surface area contributed by atoms with Gasteiger partial charge in [0.25, 0.3) is 5.91 Å². The summed E-state index contributed by atoms with van der Waals surface area (Å²) in [6.45, 7) is 0. The number of aryl methyl sites for hydroxylation is 1. The van der Waals surface area contributed by atoms with Gasteiger partial charge in [0, 0.05) is 40.7 Å². The number of hydrogen-bond donors (Lipinski definition) is 1. The maximum Gasteiger partial charge on any atom is 0.425 e. The van der Waals surface area contributed by atoms with E-state index >= 15 is 0 Å². The van der Waals surface area contributed by atoms with Gasteiger partial charge in [-0.3, -0.25) is 4.79 Å². The fourth-order valence-corrected chi connectivity index (χ4v) is 4.22. The summed E-state index contributed by atoms with van der Waals surface area (Å²) in [5.41, 5.74) is -2.57. The molecule has 33 heavy (non-hydrogen) atoms. The number of benzene rings is 3. The summed E-state index contributed by atoms with van der Waals surface area (Å²) in [5.74, 6) is -0.404. The smallest absolute Gasteiger partial charge is 0.372 e. The van der Waals surface area contributed by atoms with Gasteiger partial charge >= 0.3 is 6.18 Å². The number of aromatic nitrogens is 3. The van der Waals surface area contributed by atoms with E-state index in [9.17, 15) is 23.1 Å². The van der Waals surface area contributed by atoms with Crippen LogP contribution in [0.3, 0.4) is 0 Å². The van der Waals surface area contributed by atoms with Gasteiger partial charge in [-0.05, 0) is 35.9 Å². The molecule has 1 unspecified atom stereocenters. The third-order valence-corrected chi connectivity index (χ3v) is 5.90. The average Bonchev–Trinajstić information content (AvgIpc) is 3.39. The Balaban J connectivity index is 1.68. The van der Waals surface area contributed by atoms with E-state index in [0.717, 1.165) is 4.68 Å². The van der Waals surface area contributed by atoms with Gasteiger partial charge in [-0.1, -0.05) is 42.5 Å². The molecule has 0 saturated heterocycles. The molecule has 1 atom stereocenters. The van der Waals surface area contributed by atoms with Crippen LogP contribution in [0.2, 0.25) is 0 Å². The van der Waals surface area contributed by atoms with E-state index in [-0.39, 0.29) is 11.1 Å². The highest BCUT2D eigenvalue weighted by atomic mass is 19.4. The molecule has 2 heterocycles. The second kappa shape index (κ2) is 7.31. The van der Waals surface area contributed by atoms with Crippen molar-refractivity contribution in [3.05, 3.63) is 102 Å². The van der Waals surface area contributed by atoms with Crippen LogP contribution in [0.15, 0.2) is 85.2 Å². The first-order valence-corrected chi connectivity index (χ1v) is 10.1. The number of alkyl halides is 3. The van der Waals surface area contributed by atoms with Crippen molar-refractivity contribution in [1.82, 2.24) is 14.3 Å². The van der Waals surface area contributed by atoms with Gasteiger partial charge in [-0.2, -0.15) is 23.0 Å². The van der Waals surface area contributed by atoms with Gasteiger partial charge in [-0.15, -0.1) is 0 Å². The van der Waals surface area contributed by atoms with Gasteiger partial charge in [0.1, 0.15) is 0 Å². The molecule has 0 aliphatic rings. The monoisotopic (exact) mass is 449 g/mol. The Labute approximate surface area is 186 Å². The molecule has 0 amide bonds. The van der Waals surface area contributed by atoms with Crippen LogP contribution in [0.4, 0.5) is 13.2 Å². The number of aliphatic hydroxyl groups is 1. The molecule has 0 fully saturated rings. The van der Waals surface area contributed by atoms with Crippen molar-refractivity contribution >= 4 is 27.7 Å². The van der Waals surface area contributed by atoms with E-state index in [0.29, 0.717) is 27.4 Å². The van der Waals surface area contributed by atoms with Crippen LogP contribution in [-0.4, -0.2) is 31.5 Å². The standard InChI is InChI=1S/C25H18F3N3O2/c1-30-15-20(19-9-5-6-10-22(19)30)24(33,25(26,27)28)18-11-12-21-17(13-18)14-29-31(21)23(32)16-7-3-2-4-8-16/h2-15,33H,1H3. The zero-order valence-corrected chi connectivity index (χ0v) is 17.4. The number of fused-ring (bicyclic) bond motifs is 2. The number of nitrogens with zero attached hydrogens (tertiary/aromatic N) is 3. The molecule has 0 saturated carbocycles. The summed E-state index contributed by atoms with van der Waals surface area (Å²) in [7, 11) is 1.63. The molecule has 0 bridgehead atoms. The van der Waals surface area contributed by atoms with Crippen molar-refractivity contribution in [2.45, 2.75) is 11.8 Å². The van der Waals surface area contributed by atoms with Crippen LogP contribution in [0.25, 0.3) is 21.8 Å². The highest BCUT2D eigenvalue weighted by Gasteiger charge is 2.57. The molecule has 5 rings (SSSR count). The van der Waals surface area contributed by atoms with Crippen molar-refractivity contribution in [2.75, 3.05) is 0 Å². The molecule has 1 N–H and O–H groups in total. The molecule has 0 aliphatic carbocycles. The van der Waals surface area contributed by atoms with Crippen LogP contribution in [-0.2, 0) is 12.6 Å². The SMILES string of the molecule is Cn1cc(C(O)(c2ccc3c(cnn3C(=O)c3ccccc3)c2)C(F)(F)F)c2ccccc21. The van der Waals surface area contributed by atoms with Crippen LogP contribution in [0, 0.1) is 0 Å². The van der Waals surface area contributed by atoms with Gasteiger partial charge in [-0.25, -0.2) is 0 Å². The lowest BCUT2D eigenvalue weighted by Crippen LogP contribution is -2.43. The predicted octanol–water partition coefficient (Wildman–Crippen LogP) is 5.01. The van der Waals surface area contributed by atoms with E-state index in [1.165, 1.54) is 30.6 Å². The highest BCUT2D eigenvalue weighted by Crippen LogP contribution is 2.47. The topological polar surface area (TPSA) is 60.0 Å². The van der Waals surface area contributed by atoms with Gasteiger partial charge in [0.15, 0.2) is 0 Å². The predicted molar refractivity (Wildman–Crippen MR) is 118 cm³/mol. The number of halogens is 3. The van der Waals surface area contributed by atoms with Crippen molar-refractivity contribution in [1.29, 1.82) is 0 Å². The van der Waals surface area contributed by atoms with E-state index in [1.807, 2.05) is 0 Å². The molecule has 0 spiro atoms. The molecule has 166 valence electrons. The first-order valence-electron chi connectivity index (χ1n) is 10.1. The summed E-state index contributed by atoms with van der Waals surface area (Å²) in [6, 6.07) is 18.9. The summed E-state index contributed by atoms with van der Waals surface area (Å²) in [6.07, 6.45) is -2.38. The number of para-hydroxylation sites is 1. The fourth-order valence-electron chi connectivity index (χ4n) is 4.22. The second-order valence-electron chi connectivity index (χ2n) is 7.88. The Bertz CT molecular complexity index is 1500.